The smallest absolute Gasteiger partial charge is 0.302 e. The maximum absolute atomic E-state index is 10.5. The van der Waals surface area contributed by atoms with E-state index in [1.54, 1.807) is 0 Å². The lowest BCUT2D eigenvalue weighted by atomic mass is 10.0. The molecule has 0 aromatic rings. The Hall–Kier alpha value is -1.05. The molecule has 0 aromatic carbocycles. The highest BCUT2D eigenvalue weighted by molar-refractivity contribution is 5.66. The largest absolute Gasteiger partial charge is 0.461 e. The molecule has 2 atom stereocenters. The second-order valence-electron chi connectivity index (χ2n) is 3.41. The molecule has 2 aliphatic carbocycles. The number of carbonyl (C=O) groups is 1. The first-order valence-corrected chi connectivity index (χ1v) is 4.28. The summed E-state index contributed by atoms with van der Waals surface area (Å²) in [4.78, 5) is 10.5. The number of hydrogen-bond acceptors (Lipinski definition) is 2. The van der Waals surface area contributed by atoms with Gasteiger partial charge in [-0.25, -0.2) is 0 Å². The van der Waals surface area contributed by atoms with Gasteiger partial charge in [0, 0.05) is 12.8 Å². The van der Waals surface area contributed by atoms with Crippen molar-refractivity contribution in [2.24, 2.45) is 11.8 Å². The molecule has 2 heteroatoms. The molecule has 0 saturated carbocycles. The Labute approximate surface area is 71.9 Å². The highest BCUT2D eigenvalue weighted by atomic mass is 16.5. The number of esters is 1. The number of rotatable bonds is 2. The summed E-state index contributed by atoms with van der Waals surface area (Å²) in [5, 5.41) is 0. The molecule has 0 fully saturated rings. The van der Waals surface area contributed by atoms with Crippen LogP contribution in [0.15, 0.2) is 23.8 Å². The lowest BCUT2D eigenvalue weighted by Crippen LogP contribution is -2.06. The van der Waals surface area contributed by atoms with Gasteiger partial charge in [0.2, 0.25) is 0 Å². The van der Waals surface area contributed by atoms with E-state index in [2.05, 4.69) is 18.2 Å². The molecule has 0 radical (unpaired) electrons. The van der Waals surface area contributed by atoms with Crippen molar-refractivity contribution in [3.05, 3.63) is 23.8 Å². The van der Waals surface area contributed by atoms with Gasteiger partial charge in [-0.2, -0.15) is 0 Å². The van der Waals surface area contributed by atoms with E-state index in [0.717, 1.165) is 0 Å². The van der Waals surface area contributed by atoms with Crippen LogP contribution < -0.4 is 0 Å². The van der Waals surface area contributed by atoms with E-state index in [1.165, 1.54) is 18.9 Å². The summed E-state index contributed by atoms with van der Waals surface area (Å²) in [6.07, 6.45) is 7.84. The van der Waals surface area contributed by atoms with Gasteiger partial charge in [-0.1, -0.05) is 18.2 Å². The van der Waals surface area contributed by atoms with E-state index >= 15 is 0 Å². The van der Waals surface area contributed by atoms with Crippen LogP contribution in [0.25, 0.3) is 0 Å². The van der Waals surface area contributed by atoms with Gasteiger partial charge in [0.25, 0.3) is 0 Å². The molecule has 0 saturated heterocycles. The quantitative estimate of drug-likeness (QED) is 0.458. The van der Waals surface area contributed by atoms with E-state index in [1.807, 2.05) is 0 Å². The minimum atomic E-state index is -0.192. The number of ether oxygens (including phenoxy) is 1. The second-order valence-corrected chi connectivity index (χ2v) is 3.41. The molecule has 2 bridgehead atoms. The predicted octanol–water partition coefficient (Wildman–Crippen LogP) is 1.68. The van der Waals surface area contributed by atoms with Crippen molar-refractivity contribution >= 4 is 5.97 Å². The van der Waals surface area contributed by atoms with Gasteiger partial charge < -0.3 is 4.74 Å². The highest BCUT2D eigenvalue weighted by Gasteiger charge is 2.27. The summed E-state index contributed by atoms with van der Waals surface area (Å²) >= 11 is 0. The van der Waals surface area contributed by atoms with Crippen molar-refractivity contribution in [3.8, 4) is 0 Å². The van der Waals surface area contributed by atoms with Crippen LogP contribution in [0.2, 0.25) is 0 Å². The molecule has 0 amide bonds. The molecular formula is C10H12O2. The Morgan fingerprint density at radius 3 is 3.00 bits per heavy atom. The van der Waals surface area contributed by atoms with Crippen LogP contribution in [0.4, 0.5) is 0 Å². The summed E-state index contributed by atoms with van der Waals surface area (Å²) in [5.41, 5.74) is 1.28. The van der Waals surface area contributed by atoms with Crippen molar-refractivity contribution < 1.29 is 9.53 Å². The minimum Gasteiger partial charge on any atom is -0.461 e. The SMILES string of the molecule is CC(=O)OCC1=C[C@@H]2C=C[C@H]1C2. The Morgan fingerprint density at radius 2 is 2.50 bits per heavy atom. The summed E-state index contributed by atoms with van der Waals surface area (Å²) < 4.78 is 4.94. The molecule has 2 rings (SSSR count). The molecule has 0 N–H and O–H groups in total. The first kappa shape index (κ1) is 7.59. The van der Waals surface area contributed by atoms with Crippen LogP contribution in [0.3, 0.4) is 0 Å². The van der Waals surface area contributed by atoms with Gasteiger partial charge in [0.15, 0.2) is 0 Å². The number of carbonyl (C=O) groups excluding carboxylic acids is 1. The van der Waals surface area contributed by atoms with E-state index < -0.39 is 0 Å². The van der Waals surface area contributed by atoms with Gasteiger partial charge in [-0.05, 0) is 17.9 Å². The third-order valence-electron chi connectivity index (χ3n) is 2.46. The molecule has 0 unspecified atom stereocenters. The van der Waals surface area contributed by atoms with Crippen LogP contribution in [-0.4, -0.2) is 12.6 Å². The first-order valence-electron chi connectivity index (χ1n) is 4.28. The fourth-order valence-electron chi connectivity index (χ4n) is 1.86. The fourth-order valence-corrected chi connectivity index (χ4v) is 1.86. The summed E-state index contributed by atoms with van der Waals surface area (Å²) in [6.45, 7) is 1.93. The molecular weight excluding hydrogens is 152 g/mol. The molecule has 64 valence electrons. The van der Waals surface area contributed by atoms with Crippen LogP contribution in [-0.2, 0) is 9.53 Å². The number of allylic oxidation sites excluding steroid dienone is 3. The lowest BCUT2D eigenvalue weighted by molar-refractivity contribution is -0.140. The summed E-state index contributed by atoms with van der Waals surface area (Å²) in [5.74, 6) is 0.970. The van der Waals surface area contributed by atoms with Crippen molar-refractivity contribution in [1.82, 2.24) is 0 Å². The molecule has 12 heavy (non-hydrogen) atoms. The summed E-state index contributed by atoms with van der Waals surface area (Å²) in [6, 6.07) is 0. The summed E-state index contributed by atoms with van der Waals surface area (Å²) in [7, 11) is 0. The zero-order chi connectivity index (χ0) is 8.55. The molecule has 0 heterocycles. The van der Waals surface area contributed by atoms with Crippen molar-refractivity contribution in [3.63, 3.8) is 0 Å². The van der Waals surface area contributed by atoms with Gasteiger partial charge >= 0.3 is 5.97 Å². The second kappa shape index (κ2) is 2.77. The Balaban J connectivity index is 1.91. The van der Waals surface area contributed by atoms with Crippen molar-refractivity contribution in [2.75, 3.05) is 6.61 Å². The van der Waals surface area contributed by atoms with E-state index in [9.17, 15) is 4.79 Å². The first-order chi connectivity index (χ1) is 5.75. The molecule has 0 spiro atoms. The highest BCUT2D eigenvalue weighted by Crippen LogP contribution is 2.37. The van der Waals surface area contributed by atoms with E-state index in [-0.39, 0.29) is 5.97 Å². The van der Waals surface area contributed by atoms with Gasteiger partial charge in [0.05, 0.1) is 0 Å². The number of hydrogen-bond donors (Lipinski definition) is 0. The Kier molecular flexibility index (Phi) is 1.75. The normalized spacial score (nSPS) is 30.6. The van der Waals surface area contributed by atoms with Gasteiger partial charge in [-0.15, -0.1) is 0 Å². The van der Waals surface area contributed by atoms with Crippen LogP contribution in [0, 0.1) is 11.8 Å². The average Bonchev–Trinajstić information content (AvgIpc) is 2.60. The maximum atomic E-state index is 10.5. The topological polar surface area (TPSA) is 26.3 Å². The third kappa shape index (κ3) is 1.29. The lowest BCUT2D eigenvalue weighted by Gasteiger charge is -2.08. The van der Waals surface area contributed by atoms with Crippen LogP contribution in [0.5, 0.6) is 0 Å². The molecule has 0 aliphatic heterocycles. The van der Waals surface area contributed by atoms with E-state index in [4.69, 9.17) is 4.74 Å². The van der Waals surface area contributed by atoms with Crippen molar-refractivity contribution in [1.29, 1.82) is 0 Å². The van der Waals surface area contributed by atoms with Crippen LogP contribution >= 0.6 is 0 Å². The fraction of sp³-hybridized carbons (Fsp3) is 0.500. The minimum absolute atomic E-state index is 0.192. The van der Waals surface area contributed by atoms with Crippen molar-refractivity contribution in [2.45, 2.75) is 13.3 Å². The van der Waals surface area contributed by atoms with Gasteiger partial charge in [0.1, 0.15) is 6.61 Å². The monoisotopic (exact) mass is 164 g/mol. The van der Waals surface area contributed by atoms with E-state index in [0.29, 0.717) is 18.4 Å². The Morgan fingerprint density at radius 1 is 1.67 bits per heavy atom. The molecule has 2 nitrogen and oxygen atoms in total. The zero-order valence-corrected chi connectivity index (χ0v) is 7.12. The number of fused-ring (bicyclic) bond motifs is 2. The zero-order valence-electron chi connectivity index (χ0n) is 7.12. The maximum Gasteiger partial charge on any atom is 0.302 e. The van der Waals surface area contributed by atoms with Crippen LogP contribution in [0.1, 0.15) is 13.3 Å². The molecule has 2 aliphatic rings. The molecule has 0 aromatic heterocycles. The van der Waals surface area contributed by atoms with Gasteiger partial charge in [-0.3, -0.25) is 4.79 Å². The predicted molar refractivity (Wildman–Crippen MR) is 45.5 cm³/mol. The third-order valence-corrected chi connectivity index (χ3v) is 2.46. The Bertz CT molecular complexity index is 263. The average molecular weight is 164 g/mol. The standard InChI is InChI=1S/C10H12O2/c1-7(11)12-6-10-5-8-2-3-9(10)4-8/h2-3,5,8-9H,4,6H2,1H3/t8-,9+/m1/s1.